The van der Waals surface area contributed by atoms with Crippen molar-refractivity contribution < 1.29 is 0 Å². The van der Waals surface area contributed by atoms with Gasteiger partial charge in [0.05, 0.1) is 5.69 Å². The van der Waals surface area contributed by atoms with Gasteiger partial charge in [0.1, 0.15) is 5.82 Å². The summed E-state index contributed by atoms with van der Waals surface area (Å²) in [7, 11) is 0. The smallest absolute Gasteiger partial charge is 0.225 e. The van der Waals surface area contributed by atoms with Crippen molar-refractivity contribution >= 4 is 11.8 Å². The lowest BCUT2D eigenvalue weighted by molar-refractivity contribution is 0.874. The largest absolute Gasteiger partial charge is 0.367 e. The van der Waals surface area contributed by atoms with Crippen LogP contribution in [-0.4, -0.2) is 22.1 Å². The maximum absolute atomic E-state index is 4.61. The first-order chi connectivity index (χ1) is 9.70. The standard InChI is InChI=1S/C16H20N4/c1-11(2)17-16-19-14(12-6-4-3-5-7-12)10-15(20-16)18-13-8-9-13/h3-7,10-11,13H,8-9H2,1-2H3,(H2,17,18,19,20). The molecule has 1 heterocycles. The van der Waals surface area contributed by atoms with Gasteiger partial charge < -0.3 is 10.6 Å². The quantitative estimate of drug-likeness (QED) is 0.871. The van der Waals surface area contributed by atoms with Gasteiger partial charge in [0.15, 0.2) is 0 Å². The summed E-state index contributed by atoms with van der Waals surface area (Å²) in [5, 5.41) is 6.74. The molecule has 1 aliphatic rings. The van der Waals surface area contributed by atoms with Crippen molar-refractivity contribution in [1.82, 2.24) is 9.97 Å². The third kappa shape index (κ3) is 3.26. The van der Waals surface area contributed by atoms with Crippen LogP contribution < -0.4 is 10.6 Å². The number of nitrogens with zero attached hydrogens (tertiary/aromatic N) is 2. The highest BCUT2D eigenvalue weighted by atomic mass is 15.2. The Morgan fingerprint density at radius 2 is 1.85 bits per heavy atom. The van der Waals surface area contributed by atoms with Crippen LogP contribution >= 0.6 is 0 Å². The van der Waals surface area contributed by atoms with Crippen molar-refractivity contribution in [3.05, 3.63) is 36.4 Å². The second-order valence-electron chi connectivity index (χ2n) is 5.55. The lowest BCUT2D eigenvalue weighted by atomic mass is 10.1. The minimum Gasteiger partial charge on any atom is -0.367 e. The Labute approximate surface area is 119 Å². The van der Waals surface area contributed by atoms with Crippen molar-refractivity contribution in [3.63, 3.8) is 0 Å². The van der Waals surface area contributed by atoms with Gasteiger partial charge in [-0.05, 0) is 26.7 Å². The summed E-state index contributed by atoms with van der Waals surface area (Å²) in [6.45, 7) is 4.18. The Morgan fingerprint density at radius 3 is 2.50 bits per heavy atom. The van der Waals surface area contributed by atoms with E-state index in [1.165, 1.54) is 12.8 Å². The Bertz CT molecular complexity index is 554. The highest BCUT2D eigenvalue weighted by Crippen LogP contribution is 2.27. The van der Waals surface area contributed by atoms with E-state index in [0.717, 1.165) is 17.1 Å². The zero-order chi connectivity index (χ0) is 13.9. The molecule has 0 radical (unpaired) electrons. The van der Waals surface area contributed by atoms with E-state index in [1.807, 2.05) is 24.3 Å². The van der Waals surface area contributed by atoms with Crippen LogP contribution in [0.4, 0.5) is 11.8 Å². The van der Waals surface area contributed by atoms with E-state index in [1.54, 1.807) is 0 Å². The zero-order valence-corrected chi connectivity index (χ0v) is 11.9. The highest BCUT2D eigenvalue weighted by molar-refractivity contribution is 5.64. The summed E-state index contributed by atoms with van der Waals surface area (Å²) in [5.41, 5.74) is 2.06. The summed E-state index contributed by atoms with van der Waals surface area (Å²) in [5.74, 6) is 1.59. The van der Waals surface area contributed by atoms with Crippen LogP contribution in [0.2, 0.25) is 0 Å². The molecular formula is C16H20N4. The molecule has 20 heavy (non-hydrogen) atoms. The van der Waals surface area contributed by atoms with Crippen molar-refractivity contribution in [2.24, 2.45) is 0 Å². The second kappa shape index (κ2) is 5.49. The molecule has 2 aromatic rings. The van der Waals surface area contributed by atoms with Crippen LogP contribution in [-0.2, 0) is 0 Å². The maximum Gasteiger partial charge on any atom is 0.225 e. The number of hydrogen-bond acceptors (Lipinski definition) is 4. The fourth-order valence-electron chi connectivity index (χ4n) is 2.04. The Balaban J connectivity index is 1.94. The lowest BCUT2D eigenvalue weighted by Crippen LogP contribution is -2.14. The molecule has 4 nitrogen and oxygen atoms in total. The van der Waals surface area contributed by atoms with E-state index in [2.05, 4.69) is 46.6 Å². The van der Waals surface area contributed by atoms with Crippen LogP contribution in [0.25, 0.3) is 11.3 Å². The van der Waals surface area contributed by atoms with E-state index < -0.39 is 0 Å². The fourth-order valence-corrected chi connectivity index (χ4v) is 2.04. The van der Waals surface area contributed by atoms with Gasteiger partial charge in [-0.2, -0.15) is 4.98 Å². The van der Waals surface area contributed by atoms with Crippen LogP contribution in [0.3, 0.4) is 0 Å². The van der Waals surface area contributed by atoms with Crippen molar-refractivity contribution in [2.45, 2.75) is 38.8 Å². The molecule has 2 N–H and O–H groups in total. The monoisotopic (exact) mass is 268 g/mol. The molecule has 0 aliphatic heterocycles. The third-order valence-electron chi connectivity index (χ3n) is 3.14. The predicted octanol–water partition coefficient (Wildman–Crippen LogP) is 3.54. The zero-order valence-electron chi connectivity index (χ0n) is 11.9. The molecular weight excluding hydrogens is 248 g/mol. The normalized spacial score (nSPS) is 14.3. The Hall–Kier alpha value is -2.10. The molecule has 3 rings (SSSR count). The van der Waals surface area contributed by atoms with Crippen LogP contribution in [0.15, 0.2) is 36.4 Å². The summed E-state index contributed by atoms with van der Waals surface area (Å²) in [6, 6.07) is 13.1. The molecule has 1 aromatic carbocycles. The minimum atomic E-state index is 0.315. The topological polar surface area (TPSA) is 49.8 Å². The molecule has 1 fully saturated rings. The van der Waals surface area contributed by atoms with E-state index in [0.29, 0.717) is 18.0 Å². The third-order valence-corrected chi connectivity index (χ3v) is 3.14. The van der Waals surface area contributed by atoms with E-state index in [9.17, 15) is 0 Å². The van der Waals surface area contributed by atoms with E-state index >= 15 is 0 Å². The van der Waals surface area contributed by atoms with Crippen LogP contribution in [0.5, 0.6) is 0 Å². The average Bonchev–Trinajstić information content (AvgIpc) is 3.22. The Kier molecular flexibility index (Phi) is 3.54. The molecule has 104 valence electrons. The van der Waals surface area contributed by atoms with Gasteiger partial charge in [0, 0.05) is 23.7 Å². The summed E-state index contributed by atoms with van der Waals surface area (Å²) < 4.78 is 0. The van der Waals surface area contributed by atoms with Gasteiger partial charge >= 0.3 is 0 Å². The summed E-state index contributed by atoms with van der Waals surface area (Å²) >= 11 is 0. The number of nitrogens with one attached hydrogen (secondary N) is 2. The molecule has 0 atom stereocenters. The van der Waals surface area contributed by atoms with Gasteiger partial charge in [-0.3, -0.25) is 0 Å². The maximum atomic E-state index is 4.61. The molecule has 0 spiro atoms. The molecule has 1 aliphatic carbocycles. The van der Waals surface area contributed by atoms with Crippen molar-refractivity contribution in [3.8, 4) is 11.3 Å². The van der Waals surface area contributed by atoms with Crippen molar-refractivity contribution in [2.75, 3.05) is 10.6 Å². The van der Waals surface area contributed by atoms with Crippen molar-refractivity contribution in [1.29, 1.82) is 0 Å². The lowest BCUT2D eigenvalue weighted by Gasteiger charge is -2.12. The van der Waals surface area contributed by atoms with E-state index in [-0.39, 0.29) is 0 Å². The van der Waals surface area contributed by atoms with Gasteiger partial charge in [0.25, 0.3) is 0 Å². The first kappa shape index (κ1) is 12.9. The molecule has 4 heteroatoms. The van der Waals surface area contributed by atoms with Gasteiger partial charge in [-0.15, -0.1) is 0 Å². The number of anilines is 2. The fraction of sp³-hybridized carbons (Fsp3) is 0.375. The Morgan fingerprint density at radius 1 is 1.10 bits per heavy atom. The molecule has 0 saturated heterocycles. The number of aromatic nitrogens is 2. The van der Waals surface area contributed by atoms with Crippen LogP contribution in [0, 0.1) is 0 Å². The second-order valence-corrected chi connectivity index (χ2v) is 5.55. The summed E-state index contributed by atoms with van der Waals surface area (Å²) in [6.07, 6.45) is 2.47. The molecule has 0 bridgehead atoms. The average molecular weight is 268 g/mol. The van der Waals surface area contributed by atoms with Crippen LogP contribution in [0.1, 0.15) is 26.7 Å². The number of hydrogen-bond donors (Lipinski definition) is 2. The van der Waals surface area contributed by atoms with Gasteiger partial charge in [-0.25, -0.2) is 4.98 Å². The number of rotatable bonds is 5. The van der Waals surface area contributed by atoms with Gasteiger partial charge in [0.2, 0.25) is 5.95 Å². The molecule has 0 amide bonds. The predicted molar refractivity (Wildman–Crippen MR) is 82.9 cm³/mol. The molecule has 1 saturated carbocycles. The van der Waals surface area contributed by atoms with E-state index in [4.69, 9.17) is 0 Å². The number of benzene rings is 1. The van der Waals surface area contributed by atoms with Gasteiger partial charge in [-0.1, -0.05) is 30.3 Å². The molecule has 0 unspecified atom stereocenters. The summed E-state index contributed by atoms with van der Waals surface area (Å²) in [4.78, 5) is 9.16. The minimum absolute atomic E-state index is 0.315. The first-order valence-electron chi connectivity index (χ1n) is 7.18. The first-order valence-corrected chi connectivity index (χ1v) is 7.18. The highest BCUT2D eigenvalue weighted by Gasteiger charge is 2.22. The SMILES string of the molecule is CC(C)Nc1nc(NC2CC2)cc(-c2ccccc2)n1. The molecule has 1 aromatic heterocycles.